The smallest absolute Gasteiger partial charge is 0.238 e. The van der Waals surface area contributed by atoms with Crippen molar-refractivity contribution in [3.8, 4) is 0 Å². The molecule has 0 fully saturated rings. The first-order chi connectivity index (χ1) is 6.69. The van der Waals surface area contributed by atoms with Gasteiger partial charge in [0.1, 0.15) is 0 Å². The third-order valence-corrected chi connectivity index (χ3v) is 3.01. The first-order valence-electron chi connectivity index (χ1n) is 4.73. The molecular formula is C9H19NO4S. The number of amides is 1. The SMILES string of the molecule is COCCCS(=O)(=O)NC(=O)C(C)(C)C. The summed E-state index contributed by atoms with van der Waals surface area (Å²) in [6.07, 6.45) is 0.378. The molecular weight excluding hydrogens is 218 g/mol. The van der Waals surface area contributed by atoms with Gasteiger partial charge < -0.3 is 4.74 Å². The first kappa shape index (κ1) is 14.4. The van der Waals surface area contributed by atoms with E-state index in [4.69, 9.17) is 4.74 Å². The molecule has 0 heterocycles. The number of methoxy groups -OCH3 is 1. The highest BCUT2D eigenvalue weighted by atomic mass is 32.2. The average Bonchev–Trinajstić information content (AvgIpc) is 2.01. The van der Waals surface area contributed by atoms with E-state index in [9.17, 15) is 13.2 Å². The summed E-state index contributed by atoms with van der Waals surface area (Å²) >= 11 is 0. The number of nitrogens with one attached hydrogen (secondary N) is 1. The Morgan fingerprint density at radius 2 is 1.87 bits per heavy atom. The third-order valence-electron chi connectivity index (χ3n) is 1.69. The van der Waals surface area contributed by atoms with E-state index in [1.165, 1.54) is 7.11 Å². The molecule has 90 valence electrons. The minimum Gasteiger partial charge on any atom is -0.385 e. The average molecular weight is 237 g/mol. The van der Waals surface area contributed by atoms with Crippen LogP contribution in [0.5, 0.6) is 0 Å². The van der Waals surface area contributed by atoms with Gasteiger partial charge in [-0.3, -0.25) is 9.52 Å². The van der Waals surface area contributed by atoms with Crippen LogP contribution in [0.15, 0.2) is 0 Å². The van der Waals surface area contributed by atoms with E-state index in [1.807, 2.05) is 4.72 Å². The van der Waals surface area contributed by atoms with Crippen LogP contribution in [-0.4, -0.2) is 33.8 Å². The molecule has 0 rings (SSSR count). The minimum absolute atomic E-state index is 0.0946. The lowest BCUT2D eigenvalue weighted by Crippen LogP contribution is -2.40. The molecule has 0 aliphatic rings. The van der Waals surface area contributed by atoms with Crippen molar-refractivity contribution in [3.63, 3.8) is 0 Å². The van der Waals surface area contributed by atoms with Crippen molar-refractivity contribution in [1.29, 1.82) is 0 Å². The van der Waals surface area contributed by atoms with Gasteiger partial charge in [-0.15, -0.1) is 0 Å². The van der Waals surface area contributed by atoms with Crippen molar-refractivity contribution < 1.29 is 17.9 Å². The van der Waals surface area contributed by atoms with E-state index in [1.54, 1.807) is 20.8 Å². The zero-order chi connectivity index (χ0) is 12.1. The van der Waals surface area contributed by atoms with Gasteiger partial charge in [0.05, 0.1) is 5.75 Å². The summed E-state index contributed by atoms with van der Waals surface area (Å²) in [5.41, 5.74) is -0.700. The molecule has 0 aliphatic heterocycles. The quantitative estimate of drug-likeness (QED) is 0.707. The van der Waals surface area contributed by atoms with E-state index in [0.717, 1.165) is 0 Å². The van der Waals surface area contributed by atoms with Crippen LogP contribution in [-0.2, 0) is 19.6 Å². The maximum Gasteiger partial charge on any atom is 0.238 e. The summed E-state index contributed by atoms with van der Waals surface area (Å²) in [5, 5.41) is 0. The second kappa shape index (κ2) is 5.46. The van der Waals surface area contributed by atoms with Gasteiger partial charge in [-0.2, -0.15) is 0 Å². The summed E-state index contributed by atoms with van der Waals surface area (Å²) in [7, 11) is -2.02. The Bertz CT molecular complexity index is 303. The van der Waals surface area contributed by atoms with Crippen LogP contribution in [0.3, 0.4) is 0 Å². The van der Waals surface area contributed by atoms with Crippen molar-refractivity contribution in [2.24, 2.45) is 5.41 Å². The highest BCUT2D eigenvalue weighted by molar-refractivity contribution is 7.90. The lowest BCUT2D eigenvalue weighted by atomic mass is 9.96. The number of carbonyl (C=O) groups is 1. The molecule has 0 aromatic heterocycles. The van der Waals surface area contributed by atoms with E-state index in [2.05, 4.69) is 0 Å². The number of hydrogen-bond acceptors (Lipinski definition) is 4. The molecule has 5 nitrogen and oxygen atoms in total. The highest BCUT2D eigenvalue weighted by Crippen LogP contribution is 2.13. The summed E-state index contributed by atoms with van der Waals surface area (Å²) in [4.78, 5) is 11.4. The van der Waals surface area contributed by atoms with Crippen LogP contribution in [0.25, 0.3) is 0 Å². The zero-order valence-corrected chi connectivity index (χ0v) is 10.5. The first-order valence-corrected chi connectivity index (χ1v) is 6.38. The third kappa shape index (κ3) is 6.46. The molecule has 0 unspecified atom stereocenters. The van der Waals surface area contributed by atoms with E-state index < -0.39 is 21.3 Å². The van der Waals surface area contributed by atoms with Gasteiger partial charge in [0.2, 0.25) is 15.9 Å². The lowest BCUT2D eigenvalue weighted by Gasteiger charge is -2.17. The summed E-state index contributed by atoms with van der Waals surface area (Å²) in [6, 6.07) is 0. The van der Waals surface area contributed by atoms with Crippen molar-refractivity contribution in [2.75, 3.05) is 19.5 Å². The Morgan fingerprint density at radius 1 is 1.33 bits per heavy atom. The predicted molar refractivity (Wildman–Crippen MR) is 57.9 cm³/mol. The van der Waals surface area contributed by atoms with Crippen LogP contribution in [0.1, 0.15) is 27.2 Å². The van der Waals surface area contributed by atoms with Crippen molar-refractivity contribution in [3.05, 3.63) is 0 Å². The maximum absolute atomic E-state index is 11.4. The fourth-order valence-corrected chi connectivity index (χ4v) is 1.93. The Labute approximate surface area is 91.2 Å². The van der Waals surface area contributed by atoms with Crippen molar-refractivity contribution in [2.45, 2.75) is 27.2 Å². The van der Waals surface area contributed by atoms with Crippen LogP contribution in [0.4, 0.5) is 0 Å². The number of hydrogen-bond donors (Lipinski definition) is 1. The van der Waals surface area contributed by atoms with Gasteiger partial charge >= 0.3 is 0 Å². The second-order valence-corrected chi connectivity index (χ2v) is 6.19. The Hall–Kier alpha value is -0.620. The summed E-state index contributed by atoms with van der Waals surface area (Å²) in [5.74, 6) is -0.581. The minimum atomic E-state index is -3.52. The molecule has 0 aromatic rings. The maximum atomic E-state index is 11.4. The van der Waals surface area contributed by atoms with E-state index >= 15 is 0 Å². The molecule has 1 N–H and O–H groups in total. The monoisotopic (exact) mass is 237 g/mol. The number of rotatable bonds is 5. The molecule has 0 aromatic carbocycles. The molecule has 1 amide bonds. The fourth-order valence-electron chi connectivity index (χ4n) is 0.739. The van der Waals surface area contributed by atoms with Crippen LogP contribution < -0.4 is 4.72 Å². The van der Waals surface area contributed by atoms with Crippen molar-refractivity contribution >= 4 is 15.9 Å². The molecule has 15 heavy (non-hydrogen) atoms. The molecule has 0 spiro atoms. The van der Waals surface area contributed by atoms with Gasteiger partial charge in [-0.25, -0.2) is 8.42 Å². The molecule has 0 bridgehead atoms. The summed E-state index contributed by atoms with van der Waals surface area (Å²) < 4.78 is 29.5. The Morgan fingerprint density at radius 3 is 2.27 bits per heavy atom. The Kier molecular flexibility index (Phi) is 5.23. The molecule has 0 saturated heterocycles. The van der Waals surface area contributed by atoms with Crippen LogP contribution >= 0.6 is 0 Å². The largest absolute Gasteiger partial charge is 0.385 e. The zero-order valence-electron chi connectivity index (χ0n) is 9.66. The number of carbonyl (C=O) groups excluding carboxylic acids is 1. The standard InChI is InChI=1S/C9H19NO4S/c1-9(2,3)8(11)10-15(12,13)7-5-6-14-4/h5-7H2,1-4H3,(H,10,11). The van der Waals surface area contributed by atoms with E-state index in [-0.39, 0.29) is 5.75 Å². The lowest BCUT2D eigenvalue weighted by molar-refractivity contribution is -0.126. The number of ether oxygens (including phenoxy) is 1. The van der Waals surface area contributed by atoms with Gasteiger partial charge in [0, 0.05) is 19.1 Å². The van der Waals surface area contributed by atoms with Gasteiger partial charge in [-0.1, -0.05) is 20.8 Å². The summed E-state index contributed by atoms with van der Waals surface area (Å²) in [6.45, 7) is 5.34. The highest BCUT2D eigenvalue weighted by Gasteiger charge is 2.25. The predicted octanol–water partition coefficient (Wildman–Crippen LogP) is 0.515. The molecule has 0 aliphatic carbocycles. The van der Waals surface area contributed by atoms with Crippen molar-refractivity contribution in [1.82, 2.24) is 4.72 Å². The molecule has 0 atom stereocenters. The topological polar surface area (TPSA) is 72.5 Å². The molecule has 6 heteroatoms. The van der Waals surface area contributed by atoms with Crippen LogP contribution in [0, 0.1) is 5.41 Å². The molecule has 0 saturated carbocycles. The van der Waals surface area contributed by atoms with Gasteiger partial charge in [0.15, 0.2) is 0 Å². The molecule has 0 radical (unpaired) electrons. The fraction of sp³-hybridized carbons (Fsp3) is 0.889. The van der Waals surface area contributed by atoms with Crippen LogP contribution in [0.2, 0.25) is 0 Å². The van der Waals surface area contributed by atoms with Gasteiger partial charge in [-0.05, 0) is 6.42 Å². The normalized spacial score (nSPS) is 12.5. The van der Waals surface area contributed by atoms with E-state index in [0.29, 0.717) is 13.0 Å². The van der Waals surface area contributed by atoms with Gasteiger partial charge in [0.25, 0.3) is 0 Å². The second-order valence-electron chi connectivity index (χ2n) is 4.35. The number of sulfonamides is 1. The Balaban J connectivity index is 4.22.